The second kappa shape index (κ2) is 2.70. The van der Waals surface area contributed by atoms with Crippen LogP contribution in [-0.2, 0) is 0 Å². The molecule has 0 fully saturated rings. The average Bonchev–Trinajstić information content (AvgIpc) is 1.90. The van der Waals surface area contributed by atoms with Gasteiger partial charge in [0, 0.05) is 13.1 Å². The molecule has 0 saturated heterocycles. The summed E-state index contributed by atoms with van der Waals surface area (Å²) in [5.74, 6) is 0.778. The van der Waals surface area contributed by atoms with Crippen LogP contribution < -0.4 is 5.32 Å². The fourth-order valence-corrected chi connectivity index (χ4v) is 0.824. The van der Waals surface area contributed by atoms with E-state index in [-0.39, 0.29) is 0 Å². The van der Waals surface area contributed by atoms with Crippen molar-refractivity contribution in [3.63, 3.8) is 0 Å². The Morgan fingerprint density at radius 2 is 2.75 bits per heavy atom. The zero-order valence-electron chi connectivity index (χ0n) is 5.22. The number of hydrogen-bond donors (Lipinski definition) is 1. The smallest absolute Gasteiger partial charge is 0.0824 e. The highest BCUT2D eigenvalue weighted by molar-refractivity contribution is 5.54. The molecule has 1 unspecified atom stereocenters. The summed E-state index contributed by atoms with van der Waals surface area (Å²) < 4.78 is 0. The van der Waals surface area contributed by atoms with Gasteiger partial charge in [-0.25, -0.2) is 0 Å². The van der Waals surface area contributed by atoms with E-state index in [1.54, 1.807) is 6.34 Å². The number of rotatable bonds is 1. The summed E-state index contributed by atoms with van der Waals surface area (Å²) in [4.78, 5) is 4.09. The third-order valence-electron chi connectivity index (χ3n) is 1.53. The SMILES string of the molecule is CCC1CN=CNC1. The topological polar surface area (TPSA) is 24.4 Å². The third kappa shape index (κ3) is 1.22. The van der Waals surface area contributed by atoms with Crippen LogP contribution in [0.15, 0.2) is 4.99 Å². The summed E-state index contributed by atoms with van der Waals surface area (Å²) in [7, 11) is 0. The summed E-state index contributed by atoms with van der Waals surface area (Å²) in [6.45, 7) is 4.33. The standard InChI is InChI=1S/C6H12N2/c1-2-6-3-7-5-8-4-6/h5-6H,2-4H2,1H3,(H,7,8). The van der Waals surface area contributed by atoms with Gasteiger partial charge in [-0.3, -0.25) is 4.99 Å². The molecule has 0 radical (unpaired) electrons. The molecule has 0 spiro atoms. The molecule has 0 bridgehead atoms. The normalized spacial score (nSPS) is 27.4. The Morgan fingerprint density at radius 3 is 3.12 bits per heavy atom. The van der Waals surface area contributed by atoms with Crippen LogP contribution in [0.5, 0.6) is 0 Å². The summed E-state index contributed by atoms with van der Waals surface area (Å²) >= 11 is 0. The predicted molar refractivity (Wildman–Crippen MR) is 35.1 cm³/mol. The first-order valence-corrected chi connectivity index (χ1v) is 3.15. The lowest BCUT2D eigenvalue weighted by Crippen LogP contribution is -2.27. The molecule has 1 N–H and O–H groups in total. The van der Waals surface area contributed by atoms with Crippen LogP contribution in [0.25, 0.3) is 0 Å². The molecule has 0 aliphatic carbocycles. The molecule has 0 aromatic heterocycles. The number of nitrogens with one attached hydrogen (secondary N) is 1. The second-order valence-electron chi connectivity index (χ2n) is 2.18. The monoisotopic (exact) mass is 112 g/mol. The maximum absolute atomic E-state index is 4.09. The third-order valence-corrected chi connectivity index (χ3v) is 1.53. The summed E-state index contributed by atoms with van der Waals surface area (Å²) in [6, 6.07) is 0. The van der Waals surface area contributed by atoms with Crippen LogP contribution in [0.4, 0.5) is 0 Å². The van der Waals surface area contributed by atoms with E-state index in [9.17, 15) is 0 Å². The lowest BCUT2D eigenvalue weighted by molar-refractivity contribution is 0.497. The van der Waals surface area contributed by atoms with Gasteiger partial charge in [0.05, 0.1) is 6.34 Å². The van der Waals surface area contributed by atoms with Gasteiger partial charge in [-0.15, -0.1) is 0 Å². The van der Waals surface area contributed by atoms with Crippen molar-refractivity contribution >= 4 is 6.34 Å². The largest absolute Gasteiger partial charge is 0.376 e. The molecule has 0 saturated carbocycles. The molecule has 1 aliphatic rings. The van der Waals surface area contributed by atoms with Crippen LogP contribution in [0.3, 0.4) is 0 Å². The van der Waals surface area contributed by atoms with Gasteiger partial charge < -0.3 is 5.32 Å². The zero-order valence-corrected chi connectivity index (χ0v) is 5.22. The molecule has 2 heteroatoms. The molecular weight excluding hydrogens is 100 g/mol. The van der Waals surface area contributed by atoms with Crippen molar-refractivity contribution in [1.29, 1.82) is 0 Å². The lowest BCUT2D eigenvalue weighted by Gasteiger charge is -2.15. The van der Waals surface area contributed by atoms with Gasteiger partial charge in [-0.2, -0.15) is 0 Å². The quantitative estimate of drug-likeness (QED) is 0.529. The van der Waals surface area contributed by atoms with Gasteiger partial charge in [-0.05, 0) is 12.3 Å². The molecule has 8 heavy (non-hydrogen) atoms. The van der Waals surface area contributed by atoms with E-state index in [4.69, 9.17) is 0 Å². The zero-order chi connectivity index (χ0) is 5.82. The molecule has 0 aromatic carbocycles. The van der Waals surface area contributed by atoms with E-state index >= 15 is 0 Å². The van der Waals surface area contributed by atoms with E-state index in [1.165, 1.54) is 6.42 Å². The van der Waals surface area contributed by atoms with E-state index in [0.717, 1.165) is 19.0 Å². The Hall–Kier alpha value is -0.530. The average molecular weight is 112 g/mol. The highest BCUT2D eigenvalue weighted by Gasteiger charge is 2.05. The molecular formula is C6H12N2. The molecule has 1 aliphatic heterocycles. The van der Waals surface area contributed by atoms with Crippen molar-refractivity contribution in [3.05, 3.63) is 0 Å². The fraction of sp³-hybridized carbons (Fsp3) is 0.833. The molecule has 46 valence electrons. The van der Waals surface area contributed by atoms with Gasteiger partial charge >= 0.3 is 0 Å². The van der Waals surface area contributed by atoms with Crippen molar-refractivity contribution in [2.24, 2.45) is 10.9 Å². The van der Waals surface area contributed by atoms with Crippen LogP contribution >= 0.6 is 0 Å². The number of hydrogen-bond acceptors (Lipinski definition) is 2. The Kier molecular flexibility index (Phi) is 1.89. The number of aliphatic imine (C=N–C) groups is 1. The van der Waals surface area contributed by atoms with Crippen molar-refractivity contribution in [2.75, 3.05) is 13.1 Å². The van der Waals surface area contributed by atoms with Gasteiger partial charge in [0.15, 0.2) is 0 Å². The van der Waals surface area contributed by atoms with Gasteiger partial charge in [0.1, 0.15) is 0 Å². The minimum Gasteiger partial charge on any atom is -0.376 e. The Labute approximate surface area is 50.0 Å². The minimum absolute atomic E-state index is 0.778. The minimum atomic E-state index is 0.778. The number of nitrogens with zero attached hydrogens (tertiary/aromatic N) is 1. The maximum atomic E-state index is 4.09. The molecule has 1 rings (SSSR count). The molecule has 0 amide bonds. The van der Waals surface area contributed by atoms with Crippen molar-refractivity contribution in [1.82, 2.24) is 5.32 Å². The summed E-state index contributed by atoms with van der Waals surface area (Å²) in [6.07, 6.45) is 3.04. The van der Waals surface area contributed by atoms with Crippen molar-refractivity contribution in [2.45, 2.75) is 13.3 Å². The van der Waals surface area contributed by atoms with Crippen molar-refractivity contribution < 1.29 is 0 Å². The first-order chi connectivity index (χ1) is 3.93. The van der Waals surface area contributed by atoms with E-state index in [0.29, 0.717) is 0 Å². The fourth-order valence-electron chi connectivity index (χ4n) is 0.824. The lowest BCUT2D eigenvalue weighted by atomic mass is 10.1. The molecule has 1 heterocycles. The van der Waals surface area contributed by atoms with Crippen LogP contribution in [0.2, 0.25) is 0 Å². The van der Waals surface area contributed by atoms with Crippen LogP contribution in [-0.4, -0.2) is 19.4 Å². The molecule has 2 nitrogen and oxygen atoms in total. The molecule has 0 aromatic rings. The van der Waals surface area contributed by atoms with Gasteiger partial charge in [0.25, 0.3) is 0 Å². The second-order valence-corrected chi connectivity index (χ2v) is 2.18. The van der Waals surface area contributed by atoms with Crippen LogP contribution in [0, 0.1) is 5.92 Å². The highest BCUT2D eigenvalue weighted by Crippen LogP contribution is 2.02. The van der Waals surface area contributed by atoms with E-state index in [2.05, 4.69) is 17.2 Å². The van der Waals surface area contributed by atoms with Gasteiger partial charge in [-0.1, -0.05) is 6.92 Å². The first-order valence-electron chi connectivity index (χ1n) is 3.15. The summed E-state index contributed by atoms with van der Waals surface area (Å²) in [5.41, 5.74) is 0. The highest BCUT2D eigenvalue weighted by atomic mass is 15.0. The van der Waals surface area contributed by atoms with Crippen molar-refractivity contribution in [3.8, 4) is 0 Å². The van der Waals surface area contributed by atoms with E-state index < -0.39 is 0 Å². The maximum Gasteiger partial charge on any atom is 0.0824 e. The Morgan fingerprint density at radius 1 is 1.88 bits per heavy atom. The predicted octanol–water partition coefficient (Wildman–Crippen LogP) is 0.644. The van der Waals surface area contributed by atoms with E-state index in [1.807, 2.05) is 0 Å². The van der Waals surface area contributed by atoms with Gasteiger partial charge in [0.2, 0.25) is 0 Å². The summed E-state index contributed by atoms with van der Waals surface area (Å²) in [5, 5.41) is 3.09. The molecule has 1 atom stereocenters. The Bertz CT molecular complexity index is 88.5. The Balaban J connectivity index is 2.27. The van der Waals surface area contributed by atoms with Crippen LogP contribution in [0.1, 0.15) is 13.3 Å². The first kappa shape index (κ1) is 5.60.